The van der Waals surface area contributed by atoms with Gasteiger partial charge in [0.25, 0.3) is 5.91 Å². The van der Waals surface area contributed by atoms with Crippen LogP contribution in [0.2, 0.25) is 0 Å². The molecule has 5 rings (SSSR count). The van der Waals surface area contributed by atoms with Crippen molar-refractivity contribution >= 4 is 17.6 Å². The molecule has 1 aliphatic rings. The summed E-state index contributed by atoms with van der Waals surface area (Å²) < 4.78 is 31.2. The minimum atomic E-state index is -0.829. The lowest BCUT2D eigenvalue weighted by Gasteiger charge is -2.23. The topological polar surface area (TPSA) is 118 Å². The van der Waals surface area contributed by atoms with E-state index >= 15 is 0 Å². The highest BCUT2D eigenvalue weighted by Gasteiger charge is 2.25. The largest absolute Gasteiger partial charge is 0.493 e. The molecule has 4 aromatic rings. The van der Waals surface area contributed by atoms with Gasteiger partial charge in [-0.25, -0.2) is 4.79 Å². The van der Waals surface area contributed by atoms with Gasteiger partial charge >= 0.3 is 5.97 Å². The number of hydrogen-bond donors (Lipinski definition) is 2. The van der Waals surface area contributed by atoms with Crippen molar-refractivity contribution in [2.45, 2.75) is 92.0 Å². The number of anilines is 1. The third kappa shape index (κ3) is 9.67. The molecule has 54 heavy (non-hydrogen) atoms. The lowest BCUT2D eigenvalue weighted by atomic mass is 9.90. The first kappa shape index (κ1) is 40.0. The third-order valence-corrected chi connectivity index (χ3v) is 9.35. The maximum Gasteiger partial charge on any atom is 0.328 e. The van der Waals surface area contributed by atoms with E-state index in [1.165, 1.54) is 7.11 Å². The fourth-order valence-corrected chi connectivity index (χ4v) is 6.92. The number of hydrogen-bond acceptors (Lipinski definition) is 8. The predicted molar refractivity (Wildman–Crippen MR) is 213 cm³/mol. The number of fused-ring (bicyclic) bond motifs is 8. The van der Waals surface area contributed by atoms with Gasteiger partial charge in [-0.15, -0.1) is 0 Å². The number of carbonyl (C=O) groups excluding carboxylic acids is 2. The van der Waals surface area contributed by atoms with Crippen LogP contribution in [-0.4, -0.2) is 51.5 Å². The van der Waals surface area contributed by atoms with E-state index in [-0.39, 0.29) is 5.91 Å². The second-order valence-electron chi connectivity index (χ2n) is 13.9. The number of methoxy groups -OCH3 is 1. The number of nitrogens with two attached hydrogens (primary N) is 1. The molecule has 9 nitrogen and oxygen atoms in total. The third-order valence-electron chi connectivity index (χ3n) is 9.35. The zero-order valence-corrected chi connectivity index (χ0v) is 32.8. The molecule has 0 aliphatic heterocycles. The summed E-state index contributed by atoms with van der Waals surface area (Å²) in [6.07, 6.45) is 5.31. The first-order valence-corrected chi connectivity index (χ1v) is 19.4. The summed E-state index contributed by atoms with van der Waals surface area (Å²) in [5.74, 6) is 2.27. The van der Waals surface area contributed by atoms with Gasteiger partial charge in [0.05, 0.1) is 33.5 Å². The SMILES string of the molecule is CCCOc1c2cccc1Cc1cc(C(=O)N[C@H](C)C(=O)OC)cc(c1OCCC)Cc1cccc(c1OCCC)Cc1cc(N)cc(c1OCCC)C2. The molecule has 1 atom stereocenters. The number of nitrogen functional groups attached to an aromatic ring is 1. The van der Waals surface area contributed by atoms with Gasteiger partial charge in [0, 0.05) is 48.1 Å². The maximum absolute atomic E-state index is 13.9. The molecule has 0 unspecified atom stereocenters. The van der Waals surface area contributed by atoms with Gasteiger partial charge in [0.1, 0.15) is 29.0 Å². The Morgan fingerprint density at radius 3 is 1.26 bits per heavy atom. The van der Waals surface area contributed by atoms with Crippen molar-refractivity contribution in [3.8, 4) is 23.0 Å². The molecule has 3 N–H and O–H groups in total. The molecule has 0 saturated heterocycles. The van der Waals surface area contributed by atoms with E-state index in [0.717, 1.165) is 93.2 Å². The summed E-state index contributed by atoms with van der Waals surface area (Å²) >= 11 is 0. The Morgan fingerprint density at radius 2 is 0.926 bits per heavy atom. The Bertz CT molecular complexity index is 1810. The van der Waals surface area contributed by atoms with E-state index < -0.39 is 12.0 Å². The molecule has 1 amide bonds. The molecule has 0 heterocycles. The van der Waals surface area contributed by atoms with E-state index in [9.17, 15) is 9.59 Å². The Kier molecular flexibility index (Phi) is 14.3. The molecular weight excluding hydrogens is 681 g/mol. The second-order valence-corrected chi connectivity index (χ2v) is 13.9. The summed E-state index contributed by atoms with van der Waals surface area (Å²) in [5.41, 5.74) is 15.4. The molecule has 0 aromatic heterocycles. The van der Waals surface area contributed by atoms with Gasteiger partial charge in [0.15, 0.2) is 0 Å². The molecule has 0 spiro atoms. The highest BCUT2D eigenvalue weighted by molar-refractivity contribution is 5.97. The summed E-state index contributed by atoms with van der Waals surface area (Å²) in [4.78, 5) is 26.2. The smallest absolute Gasteiger partial charge is 0.328 e. The minimum absolute atomic E-state index is 0.380. The summed E-state index contributed by atoms with van der Waals surface area (Å²) in [6.45, 7) is 12.1. The van der Waals surface area contributed by atoms with Gasteiger partial charge in [-0.1, -0.05) is 64.1 Å². The van der Waals surface area contributed by atoms with Crippen LogP contribution in [0.4, 0.5) is 5.69 Å². The molecule has 288 valence electrons. The number of esters is 1. The van der Waals surface area contributed by atoms with Gasteiger partial charge in [-0.3, -0.25) is 4.79 Å². The minimum Gasteiger partial charge on any atom is -0.493 e. The summed E-state index contributed by atoms with van der Waals surface area (Å²) in [6, 6.07) is 19.4. The number of nitrogens with one attached hydrogen (secondary N) is 1. The Labute approximate surface area is 320 Å². The maximum atomic E-state index is 13.9. The molecule has 8 bridgehead atoms. The first-order chi connectivity index (χ1) is 26.2. The summed E-state index contributed by atoms with van der Waals surface area (Å²) in [5, 5.41) is 2.82. The van der Waals surface area contributed by atoms with Crippen molar-refractivity contribution in [3.63, 3.8) is 0 Å². The Balaban J connectivity index is 1.81. The van der Waals surface area contributed by atoms with Crippen LogP contribution in [0.25, 0.3) is 0 Å². The van der Waals surface area contributed by atoms with Gasteiger partial charge < -0.3 is 34.7 Å². The Morgan fingerprint density at radius 1 is 0.593 bits per heavy atom. The van der Waals surface area contributed by atoms with Crippen LogP contribution >= 0.6 is 0 Å². The number of rotatable bonds is 15. The van der Waals surface area contributed by atoms with Gasteiger partial charge in [-0.05, 0) is 90.3 Å². The molecule has 4 aromatic carbocycles. The molecular formula is C45H56N2O7. The lowest BCUT2D eigenvalue weighted by Crippen LogP contribution is -2.39. The van der Waals surface area contributed by atoms with Crippen molar-refractivity contribution < 1.29 is 33.3 Å². The number of amides is 1. The number of carbonyl (C=O) groups is 2. The highest BCUT2D eigenvalue weighted by Crippen LogP contribution is 2.40. The molecule has 0 fully saturated rings. The number of benzene rings is 4. The standard InChI is InChI=1S/C45H56N2O7/c1-7-17-51-40-30-13-11-15-32(40)23-36-27-39(46)28-37(43(36)54-20-10-4)24-33-16-12-14-31(41(33)52-18-8-2)22-35-26-38(44(48)47-29(5)45(49)50-6)25-34(21-30)42(35)53-19-9-3/h11-16,25-29H,7-10,17-24,46H2,1-6H3,(H,47,48)/t29-/m1/s1. The van der Waals surface area contributed by atoms with Crippen molar-refractivity contribution in [2.24, 2.45) is 0 Å². The fraction of sp³-hybridized carbons (Fsp3) is 0.422. The first-order valence-electron chi connectivity index (χ1n) is 19.4. The normalized spacial score (nSPS) is 12.7. The average Bonchev–Trinajstić information content (AvgIpc) is 3.16. The number of para-hydroxylation sites is 2. The molecule has 1 aliphatic carbocycles. The quantitative estimate of drug-likeness (QED) is 0.0813. The van der Waals surface area contributed by atoms with E-state index in [0.29, 0.717) is 63.4 Å². The molecule has 0 radical (unpaired) electrons. The van der Waals surface area contributed by atoms with Gasteiger partial charge in [0.2, 0.25) is 0 Å². The van der Waals surface area contributed by atoms with Gasteiger partial charge in [-0.2, -0.15) is 0 Å². The van der Waals surface area contributed by atoms with Crippen molar-refractivity contribution in [3.05, 3.63) is 111 Å². The van der Waals surface area contributed by atoms with E-state index in [1.807, 2.05) is 24.3 Å². The van der Waals surface area contributed by atoms with E-state index in [4.69, 9.17) is 29.4 Å². The molecule has 9 heteroatoms. The highest BCUT2D eigenvalue weighted by atomic mass is 16.5. The van der Waals surface area contributed by atoms with Crippen LogP contribution in [0.1, 0.15) is 115 Å². The van der Waals surface area contributed by atoms with Crippen LogP contribution < -0.4 is 30.0 Å². The lowest BCUT2D eigenvalue weighted by molar-refractivity contribution is -0.142. The average molecular weight is 737 g/mol. The predicted octanol–water partition coefficient (Wildman–Crippen LogP) is 8.39. The zero-order valence-electron chi connectivity index (χ0n) is 32.8. The van der Waals surface area contributed by atoms with E-state index in [2.05, 4.69) is 69.4 Å². The zero-order chi connectivity index (χ0) is 38.6. The van der Waals surface area contributed by atoms with Crippen molar-refractivity contribution in [1.29, 1.82) is 0 Å². The second kappa shape index (κ2) is 19.2. The monoisotopic (exact) mass is 736 g/mol. The molecule has 0 saturated carbocycles. The van der Waals surface area contributed by atoms with Crippen LogP contribution in [0, 0.1) is 0 Å². The Hall–Kier alpha value is -5.18. The number of ether oxygens (including phenoxy) is 5. The fourth-order valence-electron chi connectivity index (χ4n) is 6.92. The van der Waals surface area contributed by atoms with Crippen LogP contribution in [0.3, 0.4) is 0 Å². The van der Waals surface area contributed by atoms with Crippen LogP contribution in [-0.2, 0) is 35.2 Å². The van der Waals surface area contributed by atoms with Crippen LogP contribution in [0.5, 0.6) is 23.0 Å². The van der Waals surface area contributed by atoms with Crippen molar-refractivity contribution in [1.82, 2.24) is 5.32 Å². The van der Waals surface area contributed by atoms with Crippen molar-refractivity contribution in [2.75, 3.05) is 39.3 Å². The summed E-state index contributed by atoms with van der Waals surface area (Å²) in [7, 11) is 1.31. The van der Waals surface area contributed by atoms with E-state index in [1.54, 1.807) is 6.92 Å². The van der Waals surface area contributed by atoms with Crippen LogP contribution in [0.15, 0.2) is 60.7 Å².